The lowest BCUT2D eigenvalue weighted by Crippen LogP contribution is -2.30. The van der Waals surface area contributed by atoms with Crippen molar-refractivity contribution in [2.24, 2.45) is 5.10 Å². The van der Waals surface area contributed by atoms with E-state index in [1.54, 1.807) is 13.3 Å². The number of carboxylic acid groups (broad SMARTS) is 1. The third-order valence-corrected chi connectivity index (χ3v) is 1.33. The summed E-state index contributed by atoms with van der Waals surface area (Å²) in [5.41, 5.74) is 0. The second kappa shape index (κ2) is 2.05. The van der Waals surface area contributed by atoms with Crippen LogP contribution >= 0.6 is 0 Å². The van der Waals surface area contributed by atoms with Gasteiger partial charge in [0.25, 0.3) is 0 Å². The number of rotatable bonds is 1. The van der Waals surface area contributed by atoms with Crippen molar-refractivity contribution in [2.45, 2.75) is 12.5 Å². The fraction of sp³-hybridized carbons (Fsp3) is 0.600. The number of likely N-dealkylation sites (N-methyl/N-ethyl adjacent to an activating group) is 1. The molecule has 0 aromatic heterocycles. The van der Waals surface area contributed by atoms with Crippen LogP contribution in [0.4, 0.5) is 0 Å². The van der Waals surface area contributed by atoms with Crippen molar-refractivity contribution in [1.29, 1.82) is 0 Å². The first-order valence-corrected chi connectivity index (χ1v) is 2.70. The van der Waals surface area contributed by atoms with Gasteiger partial charge < -0.3 is 5.11 Å². The molecule has 0 fully saturated rings. The molecule has 1 atom stereocenters. The zero-order chi connectivity index (χ0) is 6.85. The Balaban J connectivity index is 2.55. The second-order valence-electron chi connectivity index (χ2n) is 1.96. The van der Waals surface area contributed by atoms with Crippen molar-refractivity contribution < 1.29 is 9.90 Å². The summed E-state index contributed by atoms with van der Waals surface area (Å²) in [6, 6.07) is -0.440. The van der Waals surface area contributed by atoms with E-state index in [2.05, 4.69) is 5.10 Å². The maximum atomic E-state index is 10.3. The number of carboxylic acids is 1. The lowest BCUT2D eigenvalue weighted by atomic mass is 10.2. The van der Waals surface area contributed by atoms with Crippen molar-refractivity contribution in [3.8, 4) is 0 Å². The van der Waals surface area contributed by atoms with Gasteiger partial charge in [-0.3, -0.25) is 5.01 Å². The summed E-state index contributed by atoms with van der Waals surface area (Å²) in [4.78, 5) is 10.3. The molecule has 0 saturated heterocycles. The molecule has 1 aliphatic rings. The molecular weight excluding hydrogens is 120 g/mol. The van der Waals surface area contributed by atoms with Gasteiger partial charge in [0.15, 0.2) is 0 Å². The van der Waals surface area contributed by atoms with Crippen LogP contribution in [0.5, 0.6) is 0 Å². The first-order valence-electron chi connectivity index (χ1n) is 2.70. The van der Waals surface area contributed by atoms with Gasteiger partial charge in [0.05, 0.1) is 0 Å². The molecule has 0 bridgehead atoms. The van der Waals surface area contributed by atoms with Gasteiger partial charge in [0.1, 0.15) is 6.04 Å². The van der Waals surface area contributed by atoms with E-state index in [9.17, 15) is 4.79 Å². The van der Waals surface area contributed by atoms with Gasteiger partial charge in [-0.05, 0) is 0 Å². The average Bonchev–Trinajstić information content (AvgIpc) is 2.13. The molecule has 0 aromatic rings. The molecule has 0 saturated carbocycles. The summed E-state index contributed by atoms with van der Waals surface area (Å²) in [7, 11) is 1.66. The Morgan fingerprint density at radius 1 is 2.00 bits per heavy atom. The zero-order valence-electron chi connectivity index (χ0n) is 5.11. The highest BCUT2D eigenvalue weighted by Crippen LogP contribution is 2.06. The third kappa shape index (κ3) is 1.01. The largest absolute Gasteiger partial charge is 0.480 e. The molecule has 1 unspecified atom stereocenters. The van der Waals surface area contributed by atoms with Crippen LogP contribution in [0.3, 0.4) is 0 Å². The van der Waals surface area contributed by atoms with E-state index in [-0.39, 0.29) is 0 Å². The smallest absolute Gasteiger partial charge is 0.328 e. The summed E-state index contributed by atoms with van der Waals surface area (Å²) in [6.07, 6.45) is 2.13. The molecule has 1 heterocycles. The molecule has 1 N–H and O–H groups in total. The Hall–Kier alpha value is -1.06. The summed E-state index contributed by atoms with van der Waals surface area (Å²) in [5.74, 6) is -0.810. The number of hydrogen-bond acceptors (Lipinski definition) is 3. The van der Waals surface area contributed by atoms with Crippen LogP contribution in [0.15, 0.2) is 5.10 Å². The average molecular weight is 128 g/mol. The summed E-state index contributed by atoms with van der Waals surface area (Å²) >= 11 is 0. The lowest BCUT2D eigenvalue weighted by Gasteiger charge is -2.12. The molecule has 4 heteroatoms. The van der Waals surface area contributed by atoms with Crippen LogP contribution in [-0.2, 0) is 4.79 Å². The number of nitrogens with zero attached hydrogens (tertiary/aromatic N) is 2. The first kappa shape index (κ1) is 6.07. The Labute approximate surface area is 52.8 Å². The van der Waals surface area contributed by atoms with Crippen molar-refractivity contribution in [2.75, 3.05) is 7.05 Å². The SMILES string of the molecule is CN1N=CCC1C(=O)O. The lowest BCUT2D eigenvalue weighted by molar-refractivity contribution is -0.141. The Kier molecular flexibility index (Phi) is 1.38. The Morgan fingerprint density at radius 2 is 2.67 bits per heavy atom. The minimum atomic E-state index is -0.810. The predicted molar refractivity (Wildman–Crippen MR) is 32.3 cm³/mol. The van der Waals surface area contributed by atoms with Gasteiger partial charge in [-0.15, -0.1) is 0 Å². The topological polar surface area (TPSA) is 52.9 Å². The number of hydrogen-bond donors (Lipinski definition) is 1. The Morgan fingerprint density at radius 3 is 2.89 bits per heavy atom. The number of carbonyl (C=O) groups is 1. The Bertz CT molecular complexity index is 155. The highest BCUT2D eigenvalue weighted by Gasteiger charge is 2.23. The van der Waals surface area contributed by atoms with E-state index < -0.39 is 12.0 Å². The molecule has 50 valence electrons. The van der Waals surface area contributed by atoms with E-state index in [4.69, 9.17) is 5.11 Å². The molecule has 1 aliphatic heterocycles. The normalized spacial score (nSPS) is 25.0. The molecule has 0 spiro atoms. The molecule has 0 aromatic carbocycles. The number of aliphatic carboxylic acids is 1. The maximum Gasteiger partial charge on any atom is 0.328 e. The van der Waals surface area contributed by atoms with Crippen molar-refractivity contribution in [3.63, 3.8) is 0 Å². The molecule has 9 heavy (non-hydrogen) atoms. The summed E-state index contributed by atoms with van der Waals surface area (Å²) < 4.78 is 0. The molecular formula is C5H8N2O2. The van der Waals surface area contributed by atoms with Gasteiger partial charge in [-0.2, -0.15) is 5.10 Å². The van der Waals surface area contributed by atoms with Crippen molar-refractivity contribution >= 4 is 12.2 Å². The predicted octanol–water partition coefficient (Wildman–Crippen LogP) is -0.239. The fourth-order valence-electron chi connectivity index (χ4n) is 0.769. The van der Waals surface area contributed by atoms with E-state index in [0.29, 0.717) is 6.42 Å². The highest BCUT2D eigenvalue weighted by molar-refractivity contribution is 5.79. The second-order valence-corrected chi connectivity index (χ2v) is 1.96. The fourth-order valence-corrected chi connectivity index (χ4v) is 0.769. The van der Waals surface area contributed by atoms with Crippen LogP contribution < -0.4 is 0 Å². The van der Waals surface area contributed by atoms with Crippen LogP contribution in [0, 0.1) is 0 Å². The van der Waals surface area contributed by atoms with Gasteiger partial charge in [0, 0.05) is 19.7 Å². The number of hydrazone groups is 1. The first-order chi connectivity index (χ1) is 4.22. The van der Waals surface area contributed by atoms with Crippen LogP contribution in [0.1, 0.15) is 6.42 Å². The quantitative estimate of drug-likeness (QED) is 0.530. The summed E-state index contributed by atoms with van der Waals surface area (Å²) in [5, 5.41) is 13.7. The highest BCUT2D eigenvalue weighted by atomic mass is 16.4. The van der Waals surface area contributed by atoms with E-state index in [1.165, 1.54) is 5.01 Å². The van der Waals surface area contributed by atoms with Gasteiger partial charge in [0.2, 0.25) is 0 Å². The maximum absolute atomic E-state index is 10.3. The van der Waals surface area contributed by atoms with Crippen LogP contribution in [0.25, 0.3) is 0 Å². The van der Waals surface area contributed by atoms with Gasteiger partial charge >= 0.3 is 5.97 Å². The van der Waals surface area contributed by atoms with Crippen LogP contribution in [0.2, 0.25) is 0 Å². The minimum Gasteiger partial charge on any atom is -0.480 e. The summed E-state index contributed by atoms with van der Waals surface area (Å²) in [6.45, 7) is 0. The monoisotopic (exact) mass is 128 g/mol. The van der Waals surface area contributed by atoms with E-state index in [0.717, 1.165) is 0 Å². The van der Waals surface area contributed by atoms with Crippen LogP contribution in [-0.4, -0.2) is 35.4 Å². The third-order valence-electron chi connectivity index (χ3n) is 1.33. The minimum absolute atomic E-state index is 0.440. The van der Waals surface area contributed by atoms with Gasteiger partial charge in [-0.1, -0.05) is 0 Å². The molecule has 0 amide bonds. The molecule has 0 aliphatic carbocycles. The molecule has 0 radical (unpaired) electrons. The van der Waals surface area contributed by atoms with Crippen molar-refractivity contribution in [1.82, 2.24) is 5.01 Å². The standard InChI is InChI=1S/C5H8N2O2/c1-7-4(5(8)9)2-3-6-7/h3-4H,2H2,1H3,(H,8,9). The van der Waals surface area contributed by atoms with Crippen molar-refractivity contribution in [3.05, 3.63) is 0 Å². The molecule has 1 rings (SSSR count). The van der Waals surface area contributed by atoms with E-state index in [1.807, 2.05) is 0 Å². The zero-order valence-corrected chi connectivity index (χ0v) is 5.11. The van der Waals surface area contributed by atoms with Gasteiger partial charge in [-0.25, -0.2) is 4.79 Å². The molecule has 4 nitrogen and oxygen atoms in total. The van der Waals surface area contributed by atoms with E-state index >= 15 is 0 Å².